The smallest absolute Gasteiger partial charge is 0.344 e. The predicted octanol–water partition coefficient (Wildman–Crippen LogP) is -0.854. The lowest BCUT2D eigenvalue weighted by atomic mass is 10.4. The van der Waals surface area contributed by atoms with E-state index in [1.54, 1.807) is 4.90 Å². The van der Waals surface area contributed by atoms with Gasteiger partial charge in [-0.05, 0) is 0 Å². The number of hydrogen-bond donors (Lipinski definition) is 0. The average molecular weight is 155 g/mol. The molecule has 0 radical (unpaired) electrons. The summed E-state index contributed by atoms with van der Waals surface area (Å²) in [5, 5.41) is 0. The molecule has 0 bridgehead atoms. The van der Waals surface area contributed by atoms with E-state index in [1.165, 1.54) is 0 Å². The number of hydrogen-bond acceptors (Lipinski definition) is 2. The van der Waals surface area contributed by atoms with Crippen molar-refractivity contribution < 1.29 is 14.3 Å². The highest BCUT2D eigenvalue weighted by Gasteiger charge is 2.17. The van der Waals surface area contributed by atoms with Crippen molar-refractivity contribution in [1.29, 1.82) is 0 Å². The summed E-state index contributed by atoms with van der Waals surface area (Å²) in [6, 6.07) is 0. The van der Waals surface area contributed by atoms with Crippen molar-refractivity contribution in [1.82, 2.24) is 4.90 Å². The summed E-state index contributed by atoms with van der Waals surface area (Å²) in [6.45, 7) is 2.27. The molecule has 0 saturated carbocycles. The number of amides is 1. The molecular weight excluding hydrogens is 146 g/mol. The van der Waals surface area contributed by atoms with E-state index < -0.39 is 0 Å². The van der Waals surface area contributed by atoms with Gasteiger partial charge in [-0.1, -0.05) is 0 Å². The van der Waals surface area contributed by atoms with Gasteiger partial charge in [0.2, 0.25) is 0 Å². The van der Waals surface area contributed by atoms with Gasteiger partial charge in [-0.25, -0.2) is 0 Å². The van der Waals surface area contributed by atoms with E-state index in [4.69, 9.17) is 10.3 Å². The van der Waals surface area contributed by atoms with Crippen LogP contribution in [-0.2, 0) is 9.53 Å². The van der Waals surface area contributed by atoms with Gasteiger partial charge in [0.05, 0.1) is 13.2 Å². The van der Waals surface area contributed by atoms with Gasteiger partial charge in [0.25, 0.3) is 0 Å². The molecule has 0 aromatic heterocycles. The number of morpholine rings is 1. The standard InChI is InChI=1S/C6H9N3O2/c7-8-5-6(10)9-1-3-11-4-2-9/h5H,1-4H2. The highest BCUT2D eigenvalue weighted by atomic mass is 16.5. The van der Waals surface area contributed by atoms with Gasteiger partial charge in [0, 0.05) is 13.1 Å². The van der Waals surface area contributed by atoms with Gasteiger partial charge in [-0.15, -0.1) is 0 Å². The van der Waals surface area contributed by atoms with E-state index in [9.17, 15) is 4.79 Å². The van der Waals surface area contributed by atoms with Crippen molar-refractivity contribution in [2.75, 3.05) is 26.3 Å². The topological polar surface area (TPSA) is 65.9 Å². The first-order valence-electron chi connectivity index (χ1n) is 3.38. The number of nitrogens with zero attached hydrogens (tertiary/aromatic N) is 3. The summed E-state index contributed by atoms with van der Waals surface area (Å²) in [5.74, 6) is -0.268. The Balaban J connectivity index is 2.44. The molecule has 1 aliphatic heterocycles. The van der Waals surface area contributed by atoms with Crippen LogP contribution in [0, 0.1) is 0 Å². The number of carbonyl (C=O) groups is 1. The summed E-state index contributed by atoms with van der Waals surface area (Å²) < 4.78 is 5.03. The van der Waals surface area contributed by atoms with Crippen LogP contribution in [-0.4, -0.2) is 48.1 Å². The lowest BCUT2D eigenvalue weighted by Gasteiger charge is -2.23. The summed E-state index contributed by atoms with van der Waals surface area (Å²) in [4.78, 5) is 15.2. The number of rotatable bonds is 1. The fourth-order valence-electron chi connectivity index (χ4n) is 0.915. The second kappa shape index (κ2) is 3.85. The summed E-state index contributed by atoms with van der Waals surface area (Å²) >= 11 is 0. The van der Waals surface area contributed by atoms with Crippen LogP contribution in [0.2, 0.25) is 0 Å². The Kier molecular flexibility index (Phi) is 2.77. The Hall–Kier alpha value is -1.19. The zero-order valence-corrected chi connectivity index (χ0v) is 6.06. The van der Waals surface area contributed by atoms with Crippen LogP contribution in [0.25, 0.3) is 5.53 Å². The van der Waals surface area contributed by atoms with Crippen molar-refractivity contribution >= 4 is 12.1 Å². The maximum absolute atomic E-state index is 11.0. The van der Waals surface area contributed by atoms with Crippen LogP contribution in [0.15, 0.2) is 0 Å². The number of carbonyl (C=O) groups excluding carboxylic acids is 1. The first-order chi connectivity index (χ1) is 5.34. The molecule has 0 spiro atoms. The van der Waals surface area contributed by atoms with E-state index >= 15 is 0 Å². The summed E-state index contributed by atoms with van der Waals surface area (Å²) in [7, 11) is 0. The van der Waals surface area contributed by atoms with Crippen molar-refractivity contribution in [2.45, 2.75) is 0 Å². The third-order valence-corrected chi connectivity index (χ3v) is 1.49. The van der Waals surface area contributed by atoms with Gasteiger partial charge in [0.15, 0.2) is 0 Å². The molecule has 0 aliphatic carbocycles. The molecule has 1 saturated heterocycles. The largest absolute Gasteiger partial charge is 0.378 e. The van der Waals surface area contributed by atoms with Crippen LogP contribution in [0.3, 0.4) is 0 Å². The maximum atomic E-state index is 11.0. The van der Waals surface area contributed by atoms with Crippen LogP contribution < -0.4 is 0 Å². The minimum atomic E-state index is -0.268. The minimum Gasteiger partial charge on any atom is -0.378 e. The molecule has 1 heterocycles. The van der Waals surface area contributed by atoms with E-state index in [2.05, 4.69) is 4.79 Å². The molecule has 1 aliphatic rings. The van der Waals surface area contributed by atoms with Crippen LogP contribution in [0.4, 0.5) is 0 Å². The molecule has 5 nitrogen and oxygen atoms in total. The normalized spacial score (nSPS) is 17.3. The Bertz CT molecular complexity index is 192. The van der Waals surface area contributed by atoms with E-state index in [0.29, 0.717) is 26.3 Å². The highest BCUT2D eigenvalue weighted by Crippen LogP contribution is 1.94. The lowest BCUT2D eigenvalue weighted by Crippen LogP contribution is -2.41. The molecule has 0 aromatic carbocycles. The van der Waals surface area contributed by atoms with Gasteiger partial charge in [-0.3, -0.25) is 4.79 Å². The fraction of sp³-hybridized carbons (Fsp3) is 0.667. The molecule has 1 rings (SSSR count). The summed E-state index contributed by atoms with van der Waals surface area (Å²) in [6.07, 6.45) is 0.894. The van der Waals surface area contributed by atoms with Crippen molar-refractivity contribution in [3.8, 4) is 0 Å². The SMILES string of the molecule is [N-]=[N+]=CC(=O)N1CCOCC1. The molecule has 0 unspecified atom stereocenters. The van der Waals surface area contributed by atoms with Gasteiger partial charge < -0.3 is 15.2 Å². The Morgan fingerprint density at radius 3 is 2.73 bits per heavy atom. The van der Waals surface area contributed by atoms with Crippen molar-refractivity contribution in [2.24, 2.45) is 0 Å². The lowest BCUT2D eigenvalue weighted by molar-refractivity contribution is -0.131. The molecule has 11 heavy (non-hydrogen) atoms. The third kappa shape index (κ3) is 2.14. The van der Waals surface area contributed by atoms with Crippen LogP contribution >= 0.6 is 0 Å². The van der Waals surface area contributed by atoms with Gasteiger partial charge in [0.1, 0.15) is 0 Å². The molecule has 1 amide bonds. The molecule has 0 atom stereocenters. The molecule has 1 fully saturated rings. The fourth-order valence-corrected chi connectivity index (χ4v) is 0.915. The maximum Gasteiger partial charge on any atom is 0.344 e. The molecule has 0 aromatic rings. The molecule has 5 heteroatoms. The van der Waals surface area contributed by atoms with Crippen molar-refractivity contribution in [3.63, 3.8) is 0 Å². The van der Waals surface area contributed by atoms with E-state index in [1.807, 2.05) is 0 Å². The number of ether oxygens (including phenoxy) is 1. The Morgan fingerprint density at radius 2 is 2.18 bits per heavy atom. The average Bonchev–Trinajstić information content (AvgIpc) is 2.07. The minimum absolute atomic E-state index is 0.268. The van der Waals surface area contributed by atoms with Crippen LogP contribution in [0.5, 0.6) is 0 Å². The summed E-state index contributed by atoms with van der Waals surface area (Å²) in [5.41, 5.74) is 8.06. The Morgan fingerprint density at radius 1 is 1.55 bits per heavy atom. The molecule has 0 N–H and O–H groups in total. The third-order valence-electron chi connectivity index (χ3n) is 1.49. The molecule has 60 valence electrons. The van der Waals surface area contributed by atoms with E-state index in [-0.39, 0.29) is 5.91 Å². The van der Waals surface area contributed by atoms with Gasteiger partial charge in [-0.2, -0.15) is 4.79 Å². The second-order valence-electron chi connectivity index (χ2n) is 2.18. The quantitative estimate of drug-likeness (QED) is 0.281. The van der Waals surface area contributed by atoms with Crippen LogP contribution in [0.1, 0.15) is 0 Å². The second-order valence-corrected chi connectivity index (χ2v) is 2.18. The highest BCUT2D eigenvalue weighted by molar-refractivity contribution is 6.23. The van der Waals surface area contributed by atoms with Crippen molar-refractivity contribution in [3.05, 3.63) is 5.53 Å². The van der Waals surface area contributed by atoms with E-state index in [0.717, 1.165) is 6.21 Å². The first-order valence-corrected chi connectivity index (χ1v) is 3.38. The zero-order chi connectivity index (χ0) is 8.10. The molecular formula is C6H9N3O2. The van der Waals surface area contributed by atoms with Gasteiger partial charge >= 0.3 is 12.1 Å². The Labute approximate surface area is 64.2 Å². The zero-order valence-electron chi connectivity index (χ0n) is 6.06. The monoisotopic (exact) mass is 155 g/mol. The first kappa shape index (κ1) is 7.91. The predicted molar refractivity (Wildman–Crippen MR) is 37.1 cm³/mol.